The van der Waals surface area contributed by atoms with E-state index in [9.17, 15) is 23.1 Å². The van der Waals surface area contributed by atoms with E-state index in [2.05, 4.69) is 5.32 Å². The van der Waals surface area contributed by atoms with Crippen LogP contribution < -0.4 is 10.4 Å². The molecular formula is C16H15N2O5S-. The Morgan fingerprint density at radius 3 is 2.17 bits per heavy atom. The summed E-state index contributed by atoms with van der Waals surface area (Å²) in [7, 11) is -0.832. The van der Waals surface area contributed by atoms with Crippen molar-refractivity contribution in [3.8, 4) is 0 Å². The molecule has 0 heterocycles. The first-order valence-electron chi connectivity index (χ1n) is 6.87. The Morgan fingerprint density at radius 1 is 1.00 bits per heavy atom. The van der Waals surface area contributed by atoms with E-state index in [1.807, 2.05) is 0 Å². The zero-order valence-corrected chi connectivity index (χ0v) is 13.8. The molecule has 0 aliphatic rings. The van der Waals surface area contributed by atoms with Crippen molar-refractivity contribution in [2.75, 3.05) is 19.4 Å². The monoisotopic (exact) mass is 347 g/mol. The third-order valence-corrected chi connectivity index (χ3v) is 5.06. The van der Waals surface area contributed by atoms with E-state index in [1.54, 1.807) is 0 Å². The fraction of sp³-hybridized carbons (Fsp3) is 0.125. The summed E-state index contributed by atoms with van der Waals surface area (Å²) in [6.45, 7) is 0. The third kappa shape index (κ3) is 3.79. The molecule has 24 heavy (non-hydrogen) atoms. The Hall–Kier alpha value is -2.71. The number of carbonyl (C=O) groups is 2. The lowest BCUT2D eigenvalue weighted by molar-refractivity contribution is -0.255. The van der Waals surface area contributed by atoms with Gasteiger partial charge in [0.2, 0.25) is 10.0 Å². The minimum absolute atomic E-state index is 0.00690. The normalized spacial score (nSPS) is 11.3. The van der Waals surface area contributed by atoms with Crippen molar-refractivity contribution in [3.05, 3.63) is 59.7 Å². The van der Waals surface area contributed by atoms with E-state index in [-0.39, 0.29) is 16.0 Å². The first-order valence-corrected chi connectivity index (χ1v) is 8.31. The number of anilines is 1. The van der Waals surface area contributed by atoms with Crippen LogP contribution in [0.3, 0.4) is 0 Å². The second-order valence-corrected chi connectivity index (χ2v) is 7.29. The highest BCUT2D eigenvalue weighted by Gasteiger charge is 2.18. The first kappa shape index (κ1) is 17.6. The molecule has 0 atom stereocenters. The number of nitrogens with zero attached hydrogens (tertiary/aromatic N) is 1. The van der Waals surface area contributed by atoms with Crippen molar-refractivity contribution in [3.63, 3.8) is 0 Å². The summed E-state index contributed by atoms with van der Waals surface area (Å²) in [6.07, 6.45) is 0. The summed E-state index contributed by atoms with van der Waals surface area (Å²) < 4.78 is 25.3. The summed E-state index contributed by atoms with van der Waals surface area (Å²) in [6, 6.07) is 11.1. The summed E-state index contributed by atoms with van der Waals surface area (Å²) >= 11 is 0. The number of benzene rings is 2. The Morgan fingerprint density at radius 2 is 1.62 bits per heavy atom. The van der Waals surface area contributed by atoms with Gasteiger partial charge in [0.25, 0.3) is 5.91 Å². The molecule has 2 rings (SSSR count). The molecule has 0 aliphatic carbocycles. The fourth-order valence-electron chi connectivity index (χ4n) is 1.90. The van der Waals surface area contributed by atoms with Crippen LogP contribution in [0.5, 0.6) is 0 Å². The Kier molecular flexibility index (Phi) is 5.01. The summed E-state index contributed by atoms with van der Waals surface area (Å²) in [4.78, 5) is 22.9. The average molecular weight is 347 g/mol. The van der Waals surface area contributed by atoms with E-state index in [0.717, 1.165) is 4.31 Å². The number of nitrogens with one attached hydrogen (secondary N) is 1. The lowest BCUT2D eigenvalue weighted by atomic mass is 10.2. The van der Waals surface area contributed by atoms with Gasteiger partial charge >= 0.3 is 0 Å². The van der Waals surface area contributed by atoms with Crippen LogP contribution in [0.2, 0.25) is 0 Å². The Bertz CT molecular complexity index is 874. The van der Waals surface area contributed by atoms with Gasteiger partial charge in [0.05, 0.1) is 10.9 Å². The van der Waals surface area contributed by atoms with Crippen LogP contribution >= 0.6 is 0 Å². The van der Waals surface area contributed by atoms with Crippen LogP contribution in [0.1, 0.15) is 20.7 Å². The smallest absolute Gasteiger partial charge is 0.255 e. The van der Waals surface area contributed by atoms with Crippen LogP contribution in [0.25, 0.3) is 0 Å². The second-order valence-electron chi connectivity index (χ2n) is 5.13. The predicted octanol–water partition coefficient (Wildman–Crippen LogP) is 0.553. The minimum atomic E-state index is -3.64. The highest BCUT2D eigenvalue weighted by molar-refractivity contribution is 7.89. The molecule has 0 aliphatic heterocycles. The van der Waals surface area contributed by atoms with Crippen molar-refractivity contribution in [1.29, 1.82) is 0 Å². The van der Waals surface area contributed by atoms with Gasteiger partial charge in [-0.25, -0.2) is 12.7 Å². The van der Waals surface area contributed by atoms with Crippen molar-refractivity contribution in [2.45, 2.75) is 4.90 Å². The highest BCUT2D eigenvalue weighted by Crippen LogP contribution is 2.16. The standard InChI is InChI=1S/C16H16N2O5S/c1-18(2)24(22,23)14-5-3-4-12(10-14)15(19)17-13-8-6-11(7-9-13)16(20)21/h3-10H,1-2H3,(H,17,19)(H,20,21)/p-1. The zero-order chi connectivity index (χ0) is 17.9. The van der Waals surface area contributed by atoms with Gasteiger partial charge in [-0.3, -0.25) is 4.79 Å². The molecule has 126 valence electrons. The number of aromatic carboxylic acids is 1. The van der Waals surface area contributed by atoms with Gasteiger partial charge in [0, 0.05) is 25.3 Å². The van der Waals surface area contributed by atoms with Crippen LogP contribution in [0.15, 0.2) is 53.4 Å². The van der Waals surface area contributed by atoms with Crippen molar-refractivity contribution >= 4 is 27.6 Å². The van der Waals surface area contributed by atoms with Gasteiger partial charge in [-0.2, -0.15) is 0 Å². The van der Waals surface area contributed by atoms with E-state index in [4.69, 9.17) is 0 Å². The largest absolute Gasteiger partial charge is 0.545 e. The van der Waals surface area contributed by atoms with Crippen LogP contribution in [-0.4, -0.2) is 38.7 Å². The SMILES string of the molecule is CN(C)S(=O)(=O)c1cccc(C(=O)Nc2ccc(C(=O)[O-])cc2)c1. The number of hydrogen-bond acceptors (Lipinski definition) is 5. The van der Waals surface area contributed by atoms with Crippen LogP contribution in [-0.2, 0) is 10.0 Å². The molecule has 1 amide bonds. The molecule has 2 aromatic carbocycles. The van der Waals surface area contributed by atoms with Crippen molar-refractivity contribution in [1.82, 2.24) is 4.31 Å². The van der Waals surface area contributed by atoms with Gasteiger partial charge in [0.15, 0.2) is 0 Å². The highest BCUT2D eigenvalue weighted by atomic mass is 32.2. The van der Waals surface area contributed by atoms with Crippen LogP contribution in [0, 0.1) is 0 Å². The van der Waals surface area contributed by atoms with E-state index in [0.29, 0.717) is 5.69 Å². The van der Waals surface area contributed by atoms with E-state index in [1.165, 1.54) is 62.6 Å². The summed E-state index contributed by atoms with van der Waals surface area (Å²) in [5.41, 5.74) is 0.542. The van der Waals surface area contributed by atoms with Crippen molar-refractivity contribution < 1.29 is 23.1 Å². The molecule has 0 unspecified atom stereocenters. The zero-order valence-electron chi connectivity index (χ0n) is 13.0. The molecule has 1 N–H and O–H groups in total. The lowest BCUT2D eigenvalue weighted by Gasteiger charge is -2.12. The number of rotatable bonds is 5. The molecular weight excluding hydrogens is 332 g/mol. The minimum Gasteiger partial charge on any atom is -0.545 e. The maximum atomic E-state index is 12.2. The molecule has 0 spiro atoms. The number of sulfonamides is 1. The number of carboxylic acid groups (broad SMARTS) is 1. The number of amides is 1. The number of hydrogen-bond donors (Lipinski definition) is 1. The summed E-state index contributed by atoms with van der Waals surface area (Å²) in [5.74, 6) is -1.82. The molecule has 0 saturated carbocycles. The molecule has 7 nitrogen and oxygen atoms in total. The molecule has 0 saturated heterocycles. The van der Waals surface area contributed by atoms with E-state index < -0.39 is 21.9 Å². The molecule has 0 aromatic heterocycles. The maximum absolute atomic E-state index is 12.2. The predicted molar refractivity (Wildman–Crippen MR) is 86.0 cm³/mol. The first-order chi connectivity index (χ1) is 11.2. The topological polar surface area (TPSA) is 107 Å². The third-order valence-electron chi connectivity index (χ3n) is 3.25. The molecule has 0 radical (unpaired) electrons. The molecule has 0 fully saturated rings. The fourth-order valence-corrected chi connectivity index (χ4v) is 2.85. The van der Waals surface area contributed by atoms with Gasteiger partial charge in [-0.1, -0.05) is 18.2 Å². The molecule has 2 aromatic rings. The Labute approximate surface area is 139 Å². The quantitative estimate of drug-likeness (QED) is 0.850. The number of carboxylic acids is 1. The molecule has 8 heteroatoms. The Balaban J connectivity index is 2.23. The van der Waals surface area contributed by atoms with Gasteiger partial charge in [0.1, 0.15) is 0 Å². The summed E-state index contributed by atoms with van der Waals surface area (Å²) in [5, 5.41) is 13.3. The number of carbonyl (C=O) groups excluding carboxylic acids is 2. The van der Waals surface area contributed by atoms with Crippen LogP contribution in [0.4, 0.5) is 5.69 Å². The molecule has 0 bridgehead atoms. The maximum Gasteiger partial charge on any atom is 0.255 e. The average Bonchev–Trinajstić information content (AvgIpc) is 2.55. The van der Waals surface area contributed by atoms with Crippen molar-refractivity contribution in [2.24, 2.45) is 0 Å². The van der Waals surface area contributed by atoms with Gasteiger partial charge < -0.3 is 15.2 Å². The lowest BCUT2D eigenvalue weighted by Crippen LogP contribution is -2.23. The van der Waals surface area contributed by atoms with E-state index >= 15 is 0 Å². The van der Waals surface area contributed by atoms with Gasteiger partial charge in [-0.05, 0) is 35.9 Å². The van der Waals surface area contributed by atoms with Gasteiger partial charge in [-0.15, -0.1) is 0 Å². The second kappa shape index (κ2) is 6.81.